The van der Waals surface area contributed by atoms with Crippen molar-refractivity contribution in [2.75, 3.05) is 6.54 Å². The molecule has 1 unspecified atom stereocenters. The normalized spacial score (nSPS) is 17.5. The maximum Gasteiger partial charge on any atom is 0.164 e. The first-order valence-electron chi connectivity index (χ1n) is 6.96. The van der Waals surface area contributed by atoms with Crippen molar-refractivity contribution in [3.05, 3.63) is 70.8 Å². The number of aliphatic hydroxyl groups excluding tert-OH is 1. The van der Waals surface area contributed by atoms with Crippen LogP contribution in [0.5, 0.6) is 0 Å². The highest BCUT2D eigenvalue weighted by Crippen LogP contribution is 2.45. The Labute approximate surface area is 122 Å². The largest absolute Gasteiger partial charge is 0.388 e. The first-order valence-corrected chi connectivity index (χ1v) is 6.96. The fourth-order valence-electron chi connectivity index (χ4n) is 3.23. The predicted octanol–water partition coefficient (Wildman–Crippen LogP) is 2.74. The lowest BCUT2D eigenvalue weighted by molar-refractivity contribution is 0.0325. The molecule has 0 saturated heterocycles. The Morgan fingerprint density at radius 1 is 1.05 bits per heavy atom. The maximum absolute atomic E-state index is 14.0. The molecule has 0 radical (unpaired) electrons. The Hall–Kier alpha value is -1.78. The molecule has 21 heavy (non-hydrogen) atoms. The number of halogens is 2. The van der Waals surface area contributed by atoms with Crippen molar-refractivity contribution in [2.45, 2.75) is 18.9 Å². The third kappa shape index (κ3) is 2.24. The SMILES string of the molecule is NCC1(C(O)c2cccc(F)c2F)Cc2ccccc2C1. The summed E-state index contributed by atoms with van der Waals surface area (Å²) in [6.07, 6.45) is -0.00118. The summed E-state index contributed by atoms with van der Waals surface area (Å²) in [5, 5.41) is 10.7. The molecule has 0 amide bonds. The summed E-state index contributed by atoms with van der Waals surface area (Å²) < 4.78 is 27.4. The van der Waals surface area contributed by atoms with E-state index < -0.39 is 23.2 Å². The number of benzene rings is 2. The van der Waals surface area contributed by atoms with Gasteiger partial charge in [0.1, 0.15) is 0 Å². The van der Waals surface area contributed by atoms with Crippen LogP contribution < -0.4 is 5.73 Å². The van der Waals surface area contributed by atoms with Crippen molar-refractivity contribution in [3.63, 3.8) is 0 Å². The second-order valence-corrected chi connectivity index (χ2v) is 5.73. The van der Waals surface area contributed by atoms with Crippen molar-refractivity contribution in [3.8, 4) is 0 Å². The molecule has 2 aromatic rings. The van der Waals surface area contributed by atoms with Gasteiger partial charge in [0.15, 0.2) is 11.6 Å². The van der Waals surface area contributed by atoms with E-state index in [1.165, 1.54) is 12.1 Å². The average molecular weight is 289 g/mol. The van der Waals surface area contributed by atoms with Crippen molar-refractivity contribution in [2.24, 2.45) is 11.1 Å². The van der Waals surface area contributed by atoms with Gasteiger partial charge in [-0.15, -0.1) is 0 Å². The van der Waals surface area contributed by atoms with Crippen LogP contribution in [0.2, 0.25) is 0 Å². The van der Waals surface area contributed by atoms with Crippen LogP contribution in [-0.4, -0.2) is 11.7 Å². The van der Waals surface area contributed by atoms with E-state index in [1.54, 1.807) is 0 Å². The van der Waals surface area contributed by atoms with Crippen molar-refractivity contribution in [1.82, 2.24) is 0 Å². The topological polar surface area (TPSA) is 46.2 Å². The van der Waals surface area contributed by atoms with Gasteiger partial charge >= 0.3 is 0 Å². The van der Waals surface area contributed by atoms with Gasteiger partial charge in [0, 0.05) is 17.5 Å². The highest BCUT2D eigenvalue weighted by Gasteiger charge is 2.43. The van der Waals surface area contributed by atoms with Crippen molar-refractivity contribution in [1.29, 1.82) is 0 Å². The van der Waals surface area contributed by atoms with Crippen molar-refractivity contribution >= 4 is 0 Å². The number of aliphatic hydroxyl groups is 1. The molecule has 0 aliphatic heterocycles. The lowest BCUT2D eigenvalue weighted by Gasteiger charge is -2.33. The van der Waals surface area contributed by atoms with Gasteiger partial charge in [-0.25, -0.2) is 8.78 Å². The fourth-order valence-corrected chi connectivity index (χ4v) is 3.23. The Morgan fingerprint density at radius 2 is 1.67 bits per heavy atom. The minimum atomic E-state index is -1.13. The first kappa shape index (κ1) is 14.2. The molecular formula is C17H17F2NO. The molecule has 0 heterocycles. The predicted molar refractivity (Wildman–Crippen MR) is 76.7 cm³/mol. The van der Waals surface area contributed by atoms with Crippen LogP contribution in [0, 0.1) is 17.0 Å². The Bertz CT molecular complexity index is 647. The monoisotopic (exact) mass is 289 g/mol. The van der Waals surface area contributed by atoms with E-state index in [9.17, 15) is 13.9 Å². The van der Waals surface area contributed by atoms with E-state index in [0.29, 0.717) is 12.8 Å². The molecule has 0 bridgehead atoms. The van der Waals surface area contributed by atoms with Gasteiger partial charge in [-0.05, 0) is 30.0 Å². The van der Waals surface area contributed by atoms with Crippen LogP contribution in [0.1, 0.15) is 22.8 Å². The molecule has 2 aromatic carbocycles. The Balaban J connectivity index is 2.00. The van der Waals surface area contributed by atoms with Crippen LogP contribution >= 0.6 is 0 Å². The first-order chi connectivity index (χ1) is 10.1. The standard InChI is InChI=1S/C17H17F2NO/c18-14-7-3-6-13(15(14)19)16(21)17(10-20)8-11-4-1-2-5-12(11)9-17/h1-7,16,21H,8-10,20H2. The van der Waals surface area contributed by atoms with E-state index >= 15 is 0 Å². The molecule has 1 aliphatic rings. The number of fused-ring (bicyclic) bond motifs is 1. The number of rotatable bonds is 3. The summed E-state index contributed by atoms with van der Waals surface area (Å²) in [6.45, 7) is 0.207. The van der Waals surface area contributed by atoms with E-state index in [1.807, 2.05) is 24.3 Å². The van der Waals surface area contributed by atoms with Crippen LogP contribution in [0.4, 0.5) is 8.78 Å². The van der Waals surface area contributed by atoms with Crippen LogP contribution in [-0.2, 0) is 12.8 Å². The van der Waals surface area contributed by atoms with Crippen LogP contribution in [0.15, 0.2) is 42.5 Å². The summed E-state index contributed by atoms with van der Waals surface area (Å²) in [7, 11) is 0. The zero-order valence-corrected chi connectivity index (χ0v) is 11.5. The summed E-state index contributed by atoms with van der Waals surface area (Å²) in [4.78, 5) is 0. The average Bonchev–Trinajstić information content (AvgIpc) is 2.89. The number of hydrogen-bond acceptors (Lipinski definition) is 2. The number of hydrogen-bond donors (Lipinski definition) is 2. The van der Waals surface area contributed by atoms with Gasteiger partial charge in [-0.2, -0.15) is 0 Å². The molecular weight excluding hydrogens is 272 g/mol. The zero-order valence-electron chi connectivity index (χ0n) is 11.5. The molecule has 0 fully saturated rings. The summed E-state index contributed by atoms with van der Waals surface area (Å²) in [5.41, 5.74) is 7.42. The van der Waals surface area contributed by atoms with Crippen LogP contribution in [0.3, 0.4) is 0 Å². The van der Waals surface area contributed by atoms with E-state index in [4.69, 9.17) is 5.73 Å². The van der Waals surface area contributed by atoms with Gasteiger partial charge in [-0.1, -0.05) is 36.4 Å². The molecule has 3 rings (SSSR count). The minimum absolute atomic E-state index is 0.0201. The summed E-state index contributed by atoms with van der Waals surface area (Å²) in [5.74, 6) is -1.94. The fraction of sp³-hybridized carbons (Fsp3) is 0.294. The molecule has 4 heteroatoms. The highest BCUT2D eigenvalue weighted by atomic mass is 19.2. The quantitative estimate of drug-likeness (QED) is 0.912. The molecule has 1 aliphatic carbocycles. The van der Waals surface area contributed by atoms with Gasteiger partial charge in [0.25, 0.3) is 0 Å². The Kier molecular flexibility index (Phi) is 3.51. The van der Waals surface area contributed by atoms with E-state index in [-0.39, 0.29) is 12.1 Å². The Morgan fingerprint density at radius 3 is 2.24 bits per heavy atom. The lowest BCUT2D eigenvalue weighted by Crippen LogP contribution is -2.38. The zero-order chi connectivity index (χ0) is 15.0. The molecule has 1 atom stereocenters. The third-order valence-electron chi connectivity index (χ3n) is 4.47. The third-order valence-corrected chi connectivity index (χ3v) is 4.47. The lowest BCUT2D eigenvalue weighted by atomic mass is 9.76. The van der Waals surface area contributed by atoms with Crippen LogP contribution in [0.25, 0.3) is 0 Å². The second kappa shape index (κ2) is 5.20. The van der Waals surface area contributed by atoms with Gasteiger partial charge in [0.2, 0.25) is 0 Å². The summed E-state index contributed by atoms with van der Waals surface area (Å²) >= 11 is 0. The van der Waals surface area contributed by atoms with Crippen molar-refractivity contribution < 1.29 is 13.9 Å². The second-order valence-electron chi connectivity index (χ2n) is 5.73. The van der Waals surface area contributed by atoms with Gasteiger partial charge in [-0.3, -0.25) is 0 Å². The van der Waals surface area contributed by atoms with E-state index in [2.05, 4.69) is 0 Å². The highest BCUT2D eigenvalue weighted by molar-refractivity contribution is 5.37. The van der Waals surface area contributed by atoms with Gasteiger partial charge in [0.05, 0.1) is 6.10 Å². The van der Waals surface area contributed by atoms with E-state index in [0.717, 1.165) is 17.2 Å². The molecule has 2 nitrogen and oxygen atoms in total. The molecule has 0 spiro atoms. The molecule has 3 N–H and O–H groups in total. The minimum Gasteiger partial charge on any atom is -0.388 e. The molecule has 0 aromatic heterocycles. The van der Waals surface area contributed by atoms with Gasteiger partial charge < -0.3 is 10.8 Å². The molecule has 0 saturated carbocycles. The molecule has 110 valence electrons. The maximum atomic E-state index is 14.0. The number of nitrogens with two attached hydrogens (primary N) is 1. The summed E-state index contributed by atoms with van der Waals surface area (Å²) in [6, 6.07) is 11.7. The smallest absolute Gasteiger partial charge is 0.164 e.